The van der Waals surface area contributed by atoms with E-state index in [0.717, 1.165) is 6.08 Å². The molecular weight excluding hydrogens is 157 g/mol. The molecular formula is C7H11F3O. The van der Waals surface area contributed by atoms with Gasteiger partial charge in [0.2, 0.25) is 0 Å². The van der Waals surface area contributed by atoms with Gasteiger partial charge < -0.3 is 5.11 Å². The summed E-state index contributed by atoms with van der Waals surface area (Å²) in [4.78, 5) is 0. The van der Waals surface area contributed by atoms with Crippen LogP contribution >= 0.6 is 0 Å². The average molecular weight is 168 g/mol. The van der Waals surface area contributed by atoms with E-state index in [2.05, 4.69) is 6.58 Å². The van der Waals surface area contributed by atoms with Gasteiger partial charge in [-0.1, -0.05) is 13.0 Å². The molecule has 11 heavy (non-hydrogen) atoms. The lowest BCUT2D eigenvalue weighted by Gasteiger charge is -2.20. The summed E-state index contributed by atoms with van der Waals surface area (Å²) in [5.74, 6) is -1.80. The number of aliphatic hydroxyl groups is 1. The van der Waals surface area contributed by atoms with E-state index in [1.807, 2.05) is 0 Å². The van der Waals surface area contributed by atoms with Crippen molar-refractivity contribution in [2.75, 3.05) is 0 Å². The van der Waals surface area contributed by atoms with Gasteiger partial charge in [-0.05, 0) is 6.42 Å². The molecule has 0 aliphatic carbocycles. The zero-order chi connectivity index (χ0) is 9.07. The van der Waals surface area contributed by atoms with Crippen molar-refractivity contribution in [2.45, 2.75) is 25.6 Å². The molecule has 0 aromatic heterocycles. The third-order valence-electron chi connectivity index (χ3n) is 1.46. The molecule has 1 nitrogen and oxygen atoms in total. The summed E-state index contributed by atoms with van der Waals surface area (Å²) in [6.45, 7) is 4.51. The maximum Gasteiger partial charge on any atom is 0.397 e. The highest BCUT2D eigenvalue weighted by molar-refractivity contribution is 4.89. The van der Waals surface area contributed by atoms with Crippen LogP contribution < -0.4 is 0 Å². The van der Waals surface area contributed by atoms with E-state index in [1.165, 1.54) is 6.92 Å². The van der Waals surface area contributed by atoms with Crippen LogP contribution in [0.3, 0.4) is 0 Å². The summed E-state index contributed by atoms with van der Waals surface area (Å²) >= 11 is 0. The van der Waals surface area contributed by atoms with Gasteiger partial charge in [0, 0.05) is 0 Å². The molecule has 0 aromatic carbocycles. The second-order valence-corrected chi connectivity index (χ2v) is 2.28. The first-order valence-electron chi connectivity index (χ1n) is 3.30. The van der Waals surface area contributed by atoms with Crippen LogP contribution in [0.2, 0.25) is 0 Å². The monoisotopic (exact) mass is 168 g/mol. The van der Waals surface area contributed by atoms with Gasteiger partial charge in [-0.3, -0.25) is 0 Å². The van der Waals surface area contributed by atoms with Gasteiger partial charge in [0.05, 0.1) is 12.0 Å². The molecule has 0 rings (SSSR count). The molecule has 4 heteroatoms. The third-order valence-corrected chi connectivity index (χ3v) is 1.46. The first-order chi connectivity index (χ1) is 4.93. The predicted molar refractivity (Wildman–Crippen MR) is 36.0 cm³/mol. The first-order valence-corrected chi connectivity index (χ1v) is 3.30. The van der Waals surface area contributed by atoms with Crippen molar-refractivity contribution in [3.8, 4) is 0 Å². The Morgan fingerprint density at radius 2 is 2.00 bits per heavy atom. The molecule has 0 bridgehead atoms. The molecule has 0 heterocycles. The van der Waals surface area contributed by atoms with Gasteiger partial charge in [-0.15, -0.1) is 6.58 Å². The fourth-order valence-corrected chi connectivity index (χ4v) is 0.763. The van der Waals surface area contributed by atoms with E-state index >= 15 is 0 Å². The van der Waals surface area contributed by atoms with E-state index in [4.69, 9.17) is 5.11 Å². The van der Waals surface area contributed by atoms with Crippen LogP contribution in [-0.2, 0) is 0 Å². The molecule has 2 atom stereocenters. The van der Waals surface area contributed by atoms with Gasteiger partial charge in [-0.25, -0.2) is 0 Å². The van der Waals surface area contributed by atoms with E-state index in [0.29, 0.717) is 0 Å². The zero-order valence-electron chi connectivity index (χ0n) is 6.23. The van der Waals surface area contributed by atoms with Crippen molar-refractivity contribution < 1.29 is 18.3 Å². The SMILES string of the molecule is C=C[C@H]([C@H](O)CC)C(F)(F)F. The molecule has 0 unspecified atom stereocenters. The van der Waals surface area contributed by atoms with Gasteiger partial charge in [0.1, 0.15) is 0 Å². The standard InChI is InChI=1S/C7H11F3O/c1-3-5(6(11)4-2)7(8,9)10/h3,5-6,11H,1,4H2,2H3/t5-,6-/m1/s1. The quantitative estimate of drug-likeness (QED) is 0.640. The van der Waals surface area contributed by atoms with Gasteiger partial charge in [0.25, 0.3) is 0 Å². The van der Waals surface area contributed by atoms with Crippen molar-refractivity contribution in [3.05, 3.63) is 12.7 Å². The number of halogens is 3. The highest BCUT2D eigenvalue weighted by Gasteiger charge is 2.41. The minimum atomic E-state index is -4.38. The normalized spacial score (nSPS) is 17.5. The lowest BCUT2D eigenvalue weighted by Crippen LogP contribution is -2.31. The van der Waals surface area contributed by atoms with Crippen LogP contribution in [-0.4, -0.2) is 17.4 Å². The van der Waals surface area contributed by atoms with Crippen molar-refractivity contribution in [1.82, 2.24) is 0 Å². The summed E-state index contributed by atoms with van der Waals surface area (Å²) < 4.78 is 35.8. The summed E-state index contributed by atoms with van der Waals surface area (Å²) in [7, 11) is 0. The number of hydrogen-bond acceptors (Lipinski definition) is 1. The summed E-state index contributed by atoms with van der Waals surface area (Å²) in [6, 6.07) is 0. The topological polar surface area (TPSA) is 20.2 Å². The fraction of sp³-hybridized carbons (Fsp3) is 0.714. The van der Waals surface area contributed by atoms with Crippen LogP contribution in [0.5, 0.6) is 0 Å². The van der Waals surface area contributed by atoms with E-state index in [9.17, 15) is 13.2 Å². The molecule has 0 saturated carbocycles. The van der Waals surface area contributed by atoms with Crippen LogP contribution in [0.15, 0.2) is 12.7 Å². The smallest absolute Gasteiger partial charge is 0.392 e. The van der Waals surface area contributed by atoms with Crippen molar-refractivity contribution in [3.63, 3.8) is 0 Å². The Morgan fingerprint density at radius 3 is 2.09 bits per heavy atom. The predicted octanol–water partition coefficient (Wildman–Crippen LogP) is 2.12. The maximum atomic E-state index is 11.9. The molecule has 0 aliphatic heterocycles. The molecule has 0 aromatic rings. The van der Waals surface area contributed by atoms with Gasteiger partial charge in [-0.2, -0.15) is 13.2 Å². The van der Waals surface area contributed by atoms with Crippen LogP contribution in [0.1, 0.15) is 13.3 Å². The Kier molecular flexibility index (Phi) is 3.58. The van der Waals surface area contributed by atoms with Crippen LogP contribution in [0.25, 0.3) is 0 Å². The third kappa shape index (κ3) is 2.93. The average Bonchev–Trinajstić information content (AvgIpc) is 1.86. The Morgan fingerprint density at radius 1 is 1.55 bits per heavy atom. The zero-order valence-corrected chi connectivity index (χ0v) is 6.23. The maximum absolute atomic E-state index is 11.9. The molecule has 0 saturated heterocycles. The van der Waals surface area contributed by atoms with Crippen LogP contribution in [0.4, 0.5) is 13.2 Å². The molecule has 0 fully saturated rings. The van der Waals surface area contributed by atoms with Crippen molar-refractivity contribution in [1.29, 1.82) is 0 Å². The minimum absolute atomic E-state index is 0.0796. The van der Waals surface area contributed by atoms with E-state index in [-0.39, 0.29) is 6.42 Å². The number of aliphatic hydroxyl groups excluding tert-OH is 1. The van der Waals surface area contributed by atoms with Crippen LogP contribution in [0, 0.1) is 5.92 Å². The second-order valence-electron chi connectivity index (χ2n) is 2.28. The molecule has 0 amide bonds. The summed E-state index contributed by atoms with van der Waals surface area (Å²) in [5.41, 5.74) is 0. The van der Waals surface area contributed by atoms with E-state index < -0.39 is 18.2 Å². The molecule has 0 aliphatic rings. The lowest BCUT2D eigenvalue weighted by molar-refractivity contribution is -0.184. The highest BCUT2D eigenvalue weighted by atomic mass is 19.4. The Bertz CT molecular complexity index is 130. The molecule has 0 radical (unpaired) electrons. The summed E-state index contributed by atoms with van der Waals surface area (Å²) in [5, 5.41) is 8.86. The highest BCUT2D eigenvalue weighted by Crippen LogP contribution is 2.30. The Labute approximate surface area is 63.5 Å². The van der Waals surface area contributed by atoms with Crippen molar-refractivity contribution in [2.24, 2.45) is 5.92 Å². The van der Waals surface area contributed by atoms with Gasteiger partial charge in [0.15, 0.2) is 0 Å². The number of alkyl halides is 3. The van der Waals surface area contributed by atoms with Crippen molar-refractivity contribution >= 4 is 0 Å². The van der Waals surface area contributed by atoms with Gasteiger partial charge >= 0.3 is 6.18 Å². The molecule has 1 N–H and O–H groups in total. The second kappa shape index (κ2) is 3.76. The first kappa shape index (κ1) is 10.5. The summed E-state index contributed by atoms with van der Waals surface area (Å²) in [6.07, 6.45) is -4.94. The minimum Gasteiger partial charge on any atom is -0.392 e. The number of hydrogen-bond donors (Lipinski definition) is 1. The lowest BCUT2D eigenvalue weighted by atomic mass is 10.0. The Balaban J connectivity index is 4.28. The largest absolute Gasteiger partial charge is 0.397 e. The molecule has 0 spiro atoms. The Hall–Kier alpha value is -0.510. The fourth-order valence-electron chi connectivity index (χ4n) is 0.763. The number of rotatable bonds is 3. The van der Waals surface area contributed by atoms with E-state index in [1.54, 1.807) is 0 Å². The molecule has 66 valence electrons.